The van der Waals surface area contributed by atoms with Crippen molar-refractivity contribution >= 4 is 28.0 Å². The van der Waals surface area contributed by atoms with Gasteiger partial charge < -0.3 is 4.98 Å². The van der Waals surface area contributed by atoms with Gasteiger partial charge in [-0.2, -0.15) is 0 Å². The van der Waals surface area contributed by atoms with Gasteiger partial charge in [0.15, 0.2) is 5.01 Å². The van der Waals surface area contributed by atoms with Crippen LogP contribution in [0.15, 0.2) is 23.7 Å². The largest absolute Gasteiger partial charge is 0.358 e. The first-order chi connectivity index (χ1) is 10.1. The highest BCUT2D eigenvalue weighted by atomic mass is 32.1. The van der Waals surface area contributed by atoms with Gasteiger partial charge in [0.25, 0.3) is 0 Å². The molecule has 0 bridgehead atoms. The number of hydrogen-bond acceptors (Lipinski definition) is 3. The molecular formula is C15H12F2N2OS. The Kier molecular flexibility index (Phi) is 3.55. The lowest BCUT2D eigenvalue weighted by molar-refractivity contribution is 0.104. The summed E-state index contributed by atoms with van der Waals surface area (Å²) in [6, 6.07) is 1.94. The van der Waals surface area contributed by atoms with Gasteiger partial charge in [0, 0.05) is 23.0 Å². The molecule has 1 aromatic carbocycles. The molecule has 0 amide bonds. The Morgan fingerprint density at radius 1 is 1.38 bits per heavy atom. The summed E-state index contributed by atoms with van der Waals surface area (Å²) in [7, 11) is 0. The summed E-state index contributed by atoms with van der Waals surface area (Å²) >= 11 is 1.25. The SMILES string of the molecule is CCCc1csc(C(=O)c2c[nH]c3c(F)cc(F)cc23)n1. The molecule has 3 nitrogen and oxygen atoms in total. The first-order valence-electron chi connectivity index (χ1n) is 6.55. The van der Waals surface area contributed by atoms with Crippen molar-refractivity contribution in [2.45, 2.75) is 19.8 Å². The van der Waals surface area contributed by atoms with Crippen molar-refractivity contribution in [1.29, 1.82) is 0 Å². The van der Waals surface area contributed by atoms with E-state index in [-0.39, 0.29) is 22.2 Å². The van der Waals surface area contributed by atoms with Gasteiger partial charge in [0.2, 0.25) is 5.78 Å². The maximum Gasteiger partial charge on any atom is 0.223 e. The normalized spacial score (nSPS) is 11.2. The lowest BCUT2D eigenvalue weighted by Gasteiger charge is -1.97. The van der Waals surface area contributed by atoms with Crippen LogP contribution in [-0.4, -0.2) is 15.8 Å². The smallest absolute Gasteiger partial charge is 0.223 e. The van der Waals surface area contributed by atoms with Crippen LogP contribution in [0.3, 0.4) is 0 Å². The van der Waals surface area contributed by atoms with E-state index >= 15 is 0 Å². The van der Waals surface area contributed by atoms with Crippen molar-refractivity contribution in [2.24, 2.45) is 0 Å². The molecule has 3 aromatic rings. The number of thiazole rings is 1. The van der Waals surface area contributed by atoms with Crippen LogP contribution in [0.1, 0.15) is 34.4 Å². The zero-order valence-electron chi connectivity index (χ0n) is 11.2. The highest BCUT2D eigenvalue weighted by Crippen LogP contribution is 2.25. The van der Waals surface area contributed by atoms with E-state index in [1.807, 2.05) is 12.3 Å². The third kappa shape index (κ3) is 2.47. The molecule has 0 atom stereocenters. The molecule has 21 heavy (non-hydrogen) atoms. The van der Waals surface area contributed by atoms with Crippen LogP contribution in [0, 0.1) is 11.6 Å². The van der Waals surface area contributed by atoms with E-state index in [0.29, 0.717) is 5.01 Å². The maximum absolute atomic E-state index is 13.6. The fourth-order valence-corrected chi connectivity index (χ4v) is 3.05. The number of ketones is 1. The number of aromatic nitrogens is 2. The van der Waals surface area contributed by atoms with Crippen LogP contribution >= 0.6 is 11.3 Å². The number of rotatable bonds is 4. The summed E-state index contributed by atoms with van der Waals surface area (Å²) in [4.78, 5) is 19.4. The highest BCUT2D eigenvalue weighted by Gasteiger charge is 2.19. The molecule has 1 N–H and O–H groups in total. The number of fused-ring (bicyclic) bond motifs is 1. The van der Waals surface area contributed by atoms with Gasteiger partial charge in [-0.15, -0.1) is 11.3 Å². The van der Waals surface area contributed by atoms with Crippen LogP contribution in [0.4, 0.5) is 8.78 Å². The second kappa shape index (κ2) is 5.37. The molecule has 2 aromatic heterocycles. The number of hydrogen-bond donors (Lipinski definition) is 1. The van der Waals surface area contributed by atoms with Gasteiger partial charge in [-0.3, -0.25) is 4.79 Å². The molecule has 0 saturated carbocycles. The van der Waals surface area contributed by atoms with E-state index in [1.54, 1.807) is 0 Å². The third-order valence-electron chi connectivity index (χ3n) is 3.20. The lowest BCUT2D eigenvalue weighted by Crippen LogP contribution is -2.00. The monoisotopic (exact) mass is 306 g/mol. The van der Waals surface area contributed by atoms with Gasteiger partial charge in [-0.25, -0.2) is 13.8 Å². The average Bonchev–Trinajstić information content (AvgIpc) is 3.05. The van der Waals surface area contributed by atoms with E-state index in [0.717, 1.165) is 30.7 Å². The fourth-order valence-electron chi connectivity index (χ4n) is 2.24. The van der Waals surface area contributed by atoms with Crippen molar-refractivity contribution in [3.8, 4) is 0 Å². The Morgan fingerprint density at radius 3 is 2.95 bits per heavy atom. The second-order valence-corrected chi connectivity index (χ2v) is 5.59. The number of aryl methyl sites for hydroxylation is 1. The molecule has 108 valence electrons. The molecule has 6 heteroatoms. The van der Waals surface area contributed by atoms with Crippen LogP contribution in [0.25, 0.3) is 10.9 Å². The summed E-state index contributed by atoms with van der Waals surface area (Å²) in [6.07, 6.45) is 3.15. The predicted molar refractivity (Wildman–Crippen MR) is 77.8 cm³/mol. The number of H-pyrrole nitrogens is 1. The zero-order chi connectivity index (χ0) is 15.0. The van der Waals surface area contributed by atoms with Crippen LogP contribution in [0.2, 0.25) is 0 Å². The van der Waals surface area contributed by atoms with E-state index in [1.165, 1.54) is 17.5 Å². The van der Waals surface area contributed by atoms with Gasteiger partial charge in [-0.05, 0) is 12.5 Å². The Balaban J connectivity index is 2.05. The molecule has 2 heterocycles. The Hall–Kier alpha value is -2.08. The fraction of sp³-hybridized carbons (Fsp3) is 0.200. The number of nitrogens with zero attached hydrogens (tertiary/aromatic N) is 1. The minimum atomic E-state index is -0.713. The Morgan fingerprint density at radius 2 is 2.19 bits per heavy atom. The second-order valence-electron chi connectivity index (χ2n) is 4.74. The van der Waals surface area contributed by atoms with Crippen molar-refractivity contribution < 1.29 is 13.6 Å². The molecule has 0 saturated heterocycles. The molecule has 0 aliphatic carbocycles. The minimum absolute atomic E-state index is 0.130. The summed E-state index contributed by atoms with van der Waals surface area (Å²) in [5, 5.41) is 2.42. The molecule has 3 rings (SSSR count). The van der Waals surface area contributed by atoms with Gasteiger partial charge >= 0.3 is 0 Å². The number of nitrogens with one attached hydrogen (secondary N) is 1. The minimum Gasteiger partial charge on any atom is -0.358 e. The topological polar surface area (TPSA) is 45.8 Å². The predicted octanol–water partition coefficient (Wildman–Crippen LogP) is 4.09. The van der Waals surface area contributed by atoms with E-state index in [4.69, 9.17) is 0 Å². The first kappa shape index (κ1) is 13.9. The Labute approximate surface area is 123 Å². The molecule has 0 fully saturated rings. The van der Waals surface area contributed by atoms with Crippen LogP contribution in [-0.2, 0) is 6.42 Å². The van der Waals surface area contributed by atoms with Gasteiger partial charge in [-0.1, -0.05) is 13.3 Å². The maximum atomic E-state index is 13.6. The quantitative estimate of drug-likeness (QED) is 0.738. The number of carbonyl (C=O) groups excluding carboxylic acids is 1. The molecular weight excluding hydrogens is 294 g/mol. The number of aromatic amines is 1. The van der Waals surface area contributed by atoms with Crippen molar-refractivity contribution in [3.63, 3.8) is 0 Å². The van der Waals surface area contributed by atoms with Crippen molar-refractivity contribution in [3.05, 3.63) is 51.6 Å². The van der Waals surface area contributed by atoms with Gasteiger partial charge in [0.05, 0.1) is 16.8 Å². The van der Waals surface area contributed by atoms with Gasteiger partial charge in [0.1, 0.15) is 11.6 Å². The summed E-state index contributed by atoms with van der Waals surface area (Å²) < 4.78 is 27.0. The standard InChI is InChI=1S/C15H12F2N2OS/c1-2-3-9-7-21-15(19-9)14(20)11-6-18-13-10(11)4-8(16)5-12(13)17/h4-7,18H,2-3H2,1H3. The first-order valence-corrected chi connectivity index (χ1v) is 7.43. The van der Waals surface area contributed by atoms with E-state index in [2.05, 4.69) is 9.97 Å². The van der Waals surface area contributed by atoms with Crippen molar-refractivity contribution in [2.75, 3.05) is 0 Å². The molecule has 0 radical (unpaired) electrons. The van der Waals surface area contributed by atoms with Crippen molar-refractivity contribution in [1.82, 2.24) is 9.97 Å². The summed E-state index contributed by atoms with van der Waals surface area (Å²) in [5.41, 5.74) is 1.23. The molecule has 0 aliphatic rings. The molecule has 0 aliphatic heterocycles. The summed E-state index contributed by atoms with van der Waals surface area (Å²) in [5.74, 6) is -1.74. The number of benzene rings is 1. The van der Waals surface area contributed by atoms with Crippen LogP contribution in [0.5, 0.6) is 0 Å². The third-order valence-corrected chi connectivity index (χ3v) is 4.09. The highest BCUT2D eigenvalue weighted by molar-refractivity contribution is 7.12. The van der Waals surface area contributed by atoms with E-state index in [9.17, 15) is 13.6 Å². The van der Waals surface area contributed by atoms with E-state index < -0.39 is 11.6 Å². The number of halogens is 2. The summed E-state index contributed by atoms with van der Waals surface area (Å²) in [6.45, 7) is 2.03. The molecule has 0 unspecified atom stereocenters. The van der Waals surface area contributed by atoms with Crippen LogP contribution < -0.4 is 0 Å². The Bertz CT molecular complexity index is 822. The number of carbonyl (C=O) groups is 1. The lowest BCUT2D eigenvalue weighted by atomic mass is 10.1. The molecule has 0 spiro atoms. The average molecular weight is 306 g/mol. The zero-order valence-corrected chi connectivity index (χ0v) is 12.1.